The highest BCUT2D eigenvalue weighted by atomic mass is 32.2. The van der Waals surface area contributed by atoms with Crippen LogP contribution in [0.25, 0.3) is 5.69 Å². The van der Waals surface area contributed by atoms with E-state index in [1.807, 2.05) is 13.0 Å². The van der Waals surface area contributed by atoms with Crippen molar-refractivity contribution in [3.05, 3.63) is 59.4 Å². The molecule has 3 rings (SSSR count). The van der Waals surface area contributed by atoms with Crippen LogP contribution in [0.5, 0.6) is 5.75 Å². The van der Waals surface area contributed by atoms with E-state index in [9.17, 15) is 4.39 Å². The Bertz CT molecular complexity index is 839. The minimum absolute atomic E-state index is 0.353. The second kappa shape index (κ2) is 7.39. The minimum Gasteiger partial charge on any atom is -0.497 e. The molecule has 0 saturated heterocycles. The second-order valence-corrected chi connectivity index (χ2v) is 6.13. The van der Waals surface area contributed by atoms with Crippen LogP contribution < -0.4 is 4.74 Å². The number of tetrazole rings is 1. The number of aromatic nitrogens is 5. The van der Waals surface area contributed by atoms with Crippen molar-refractivity contribution in [1.29, 1.82) is 0 Å². The largest absolute Gasteiger partial charge is 0.497 e. The summed E-state index contributed by atoms with van der Waals surface area (Å²) in [6, 6.07) is 8.55. The van der Waals surface area contributed by atoms with Gasteiger partial charge in [0.25, 0.3) is 0 Å². The molecule has 1 aromatic carbocycles. The van der Waals surface area contributed by atoms with E-state index in [4.69, 9.17) is 4.74 Å². The number of aryl methyl sites for hydroxylation is 1. The first kappa shape index (κ1) is 16.4. The van der Waals surface area contributed by atoms with Gasteiger partial charge in [0.2, 0.25) is 0 Å². The molecule has 8 heteroatoms. The molecule has 0 fully saturated rings. The lowest BCUT2D eigenvalue weighted by molar-refractivity contribution is 0.413. The van der Waals surface area contributed by atoms with Crippen molar-refractivity contribution in [3.8, 4) is 11.4 Å². The molecule has 124 valence electrons. The molecular weight excluding hydrogens is 329 g/mol. The van der Waals surface area contributed by atoms with Gasteiger partial charge in [-0.25, -0.2) is 4.39 Å². The third-order valence-corrected chi connectivity index (χ3v) is 4.33. The fourth-order valence-corrected chi connectivity index (χ4v) is 3.01. The summed E-state index contributed by atoms with van der Waals surface area (Å²) < 4.78 is 20.7. The summed E-state index contributed by atoms with van der Waals surface area (Å²) in [6.07, 6.45) is 1.71. The van der Waals surface area contributed by atoms with Crippen molar-refractivity contribution in [2.75, 3.05) is 7.11 Å². The molecule has 2 heterocycles. The van der Waals surface area contributed by atoms with E-state index in [0.29, 0.717) is 23.0 Å². The monoisotopic (exact) mass is 345 g/mol. The van der Waals surface area contributed by atoms with E-state index in [1.165, 1.54) is 10.7 Å². The fraction of sp³-hybridized carbons (Fsp3) is 0.250. The third-order valence-electron chi connectivity index (χ3n) is 3.37. The molecule has 0 aliphatic heterocycles. The van der Waals surface area contributed by atoms with Crippen LogP contribution in [0.15, 0.2) is 36.5 Å². The smallest absolute Gasteiger partial charge is 0.166 e. The van der Waals surface area contributed by atoms with Crippen molar-refractivity contribution < 1.29 is 9.13 Å². The summed E-state index contributed by atoms with van der Waals surface area (Å²) >= 11 is 1.60. The molecule has 0 aliphatic carbocycles. The average molecular weight is 345 g/mol. The number of benzene rings is 1. The quantitative estimate of drug-likeness (QED) is 0.684. The number of rotatable bonds is 6. The Morgan fingerprint density at radius 1 is 1.21 bits per heavy atom. The second-order valence-electron chi connectivity index (χ2n) is 5.14. The molecule has 24 heavy (non-hydrogen) atoms. The number of ether oxygens (including phenoxy) is 1. The van der Waals surface area contributed by atoms with Gasteiger partial charge in [0.1, 0.15) is 17.3 Å². The van der Waals surface area contributed by atoms with Gasteiger partial charge in [-0.15, -0.1) is 16.9 Å². The molecular formula is C16H16FN5OS. The van der Waals surface area contributed by atoms with Gasteiger partial charge in [-0.05, 0) is 41.1 Å². The molecule has 0 unspecified atom stereocenters. The van der Waals surface area contributed by atoms with Gasteiger partial charge in [-0.1, -0.05) is 6.07 Å². The first-order chi connectivity index (χ1) is 11.7. The van der Waals surface area contributed by atoms with Gasteiger partial charge in [0.15, 0.2) is 5.82 Å². The summed E-state index contributed by atoms with van der Waals surface area (Å²) in [5.74, 6) is 2.23. The van der Waals surface area contributed by atoms with Crippen molar-refractivity contribution in [1.82, 2.24) is 25.2 Å². The first-order valence-electron chi connectivity index (χ1n) is 7.28. The number of methoxy groups -OCH3 is 1. The Labute approximate surface area is 143 Å². The van der Waals surface area contributed by atoms with E-state index >= 15 is 0 Å². The maximum absolute atomic E-state index is 14.0. The fourth-order valence-electron chi connectivity index (χ4n) is 2.18. The van der Waals surface area contributed by atoms with Gasteiger partial charge in [0.05, 0.1) is 18.6 Å². The Morgan fingerprint density at radius 3 is 2.92 bits per heavy atom. The van der Waals surface area contributed by atoms with E-state index in [0.717, 1.165) is 17.0 Å². The summed E-state index contributed by atoms with van der Waals surface area (Å²) in [7, 11) is 1.62. The molecule has 2 aromatic heterocycles. The van der Waals surface area contributed by atoms with Crippen LogP contribution in [0.2, 0.25) is 0 Å². The molecule has 0 saturated carbocycles. The first-order valence-corrected chi connectivity index (χ1v) is 8.43. The molecule has 0 bridgehead atoms. The topological polar surface area (TPSA) is 65.7 Å². The molecule has 6 nitrogen and oxygen atoms in total. The van der Waals surface area contributed by atoms with Crippen molar-refractivity contribution in [2.24, 2.45) is 0 Å². The highest BCUT2D eigenvalue weighted by molar-refractivity contribution is 7.97. The normalized spacial score (nSPS) is 10.8. The number of halogens is 1. The van der Waals surface area contributed by atoms with Crippen molar-refractivity contribution in [3.63, 3.8) is 0 Å². The molecule has 3 aromatic rings. The minimum atomic E-state index is -0.353. The van der Waals surface area contributed by atoms with Crippen molar-refractivity contribution in [2.45, 2.75) is 18.4 Å². The van der Waals surface area contributed by atoms with Crippen LogP contribution in [0.3, 0.4) is 0 Å². The zero-order valence-corrected chi connectivity index (χ0v) is 14.1. The summed E-state index contributed by atoms with van der Waals surface area (Å²) in [5.41, 5.74) is 2.20. The summed E-state index contributed by atoms with van der Waals surface area (Å²) in [4.78, 5) is 4.29. The van der Waals surface area contributed by atoms with Crippen LogP contribution in [-0.2, 0) is 11.5 Å². The van der Waals surface area contributed by atoms with Gasteiger partial charge < -0.3 is 4.74 Å². The molecule has 0 aliphatic rings. The van der Waals surface area contributed by atoms with Crippen LogP contribution in [0.1, 0.15) is 17.1 Å². The number of nitrogens with zero attached hydrogens (tertiary/aromatic N) is 5. The number of pyridine rings is 1. The third kappa shape index (κ3) is 3.70. The van der Waals surface area contributed by atoms with Crippen LogP contribution in [0, 0.1) is 12.7 Å². The highest BCUT2D eigenvalue weighted by Crippen LogP contribution is 2.21. The van der Waals surface area contributed by atoms with Crippen molar-refractivity contribution >= 4 is 11.8 Å². The van der Waals surface area contributed by atoms with E-state index in [1.54, 1.807) is 43.3 Å². The Hall–Kier alpha value is -2.48. The number of hydrogen-bond donors (Lipinski definition) is 0. The van der Waals surface area contributed by atoms with Gasteiger partial charge in [0, 0.05) is 18.0 Å². The van der Waals surface area contributed by atoms with Crippen LogP contribution in [-0.4, -0.2) is 32.3 Å². The van der Waals surface area contributed by atoms with E-state index < -0.39 is 0 Å². The van der Waals surface area contributed by atoms with Crippen LogP contribution in [0.4, 0.5) is 4.39 Å². The summed E-state index contributed by atoms with van der Waals surface area (Å²) in [5, 5.41) is 11.6. The Kier molecular flexibility index (Phi) is 5.05. The standard InChI is InChI=1S/C16H16FN5OS/c1-11-3-4-14(17)15(7-11)22-16(19-20-21-22)10-24-9-12-8-13(23-2)5-6-18-12/h3-8H,9-10H2,1-2H3. The summed E-state index contributed by atoms with van der Waals surface area (Å²) in [6.45, 7) is 1.90. The Balaban J connectivity index is 1.71. The zero-order valence-electron chi connectivity index (χ0n) is 13.3. The molecule has 0 spiro atoms. The Morgan fingerprint density at radius 2 is 2.08 bits per heavy atom. The molecule has 0 amide bonds. The predicted octanol–water partition coefficient (Wildman–Crippen LogP) is 2.95. The van der Waals surface area contributed by atoms with Gasteiger partial charge in [-0.2, -0.15) is 4.68 Å². The predicted molar refractivity (Wildman–Crippen MR) is 89.6 cm³/mol. The number of hydrogen-bond acceptors (Lipinski definition) is 6. The van der Waals surface area contributed by atoms with E-state index in [-0.39, 0.29) is 5.82 Å². The SMILES string of the molecule is COc1ccnc(CSCc2nnnn2-c2cc(C)ccc2F)c1. The lowest BCUT2D eigenvalue weighted by atomic mass is 10.2. The average Bonchev–Trinajstić information content (AvgIpc) is 3.05. The maximum atomic E-state index is 14.0. The lowest BCUT2D eigenvalue weighted by Gasteiger charge is -2.07. The molecule has 0 N–H and O–H groups in total. The van der Waals surface area contributed by atoms with E-state index in [2.05, 4.69) is 20.5 Å². The highest BCUT2D eigenvalue weighted by Gasteiger charge is 2.13. The number of thioether (sulfide) groups is 1. The lowest BCUT2D eigenvalue weighted by Crippen LogP contribution is -2.05. The van der Waals surface area contributed by atoms with Gasteiger partial charge >= 0.3 is 0 Å². The molecule has 0 radical (unpaired) electrons. The van der Waals surface area contributed by atoms with Crippen LogP contribution >= 0.6 is 11.8 Å². The molecule has 0 atom stereocenters. The maximum Gasteiger partial charge on any atom is 0.166 e. The zero-order chi connectivity index (χ0) is 16.9. The van der Waals surface area contributed by atoms with Gasteiger partial charge in [-0.3, -0.25) is 4.98 Å².